The standard InChI is InChI=1S/C8H6O3S/c9-7(8(10)11)4-3-6-2-1-5-12-6/h1-5H,(H,10,11). The molecule has 0 saturated heterocycles. The first kappa shape index (κ1) is 8.67. The molecule has 0 bridgehead atoms. The van der Waals surface area contributed by atoms with Gasteiger partial charge in [0.15, 0.2) is 0 Å². The maximum absolute atomic E-state index is 10.6. The van der Waals surface area contributed by atoms with Crippen LogP contribution in [0.2, 0.25) is 0 Å². The van der Waals surface area contributed by atoms with Crippen molar-refractivity contribution in [3.8, 4) is 0 Å². The molecule has 0 unspecified atom stereocenters. The van der Waals surface area contributed by atoms with E-state index in [2.05, 4.69) is 0 Å². The van der Waals surface area contributed by atoms with Crippen LogP contribution in [0.3, 0.4) is 0 Å². The van der Waals surface area contributed by atoms with Crippen LogP contribution in [-0.4, -0.2) is 16.9 Å². The lowest BCUT2D eigenvalue weighted by Crippen LogP contribution is -2.07. The average Bonchev–Trinajstić information content (AvgIpc) is 2.51. The van der Waals surface area contributed by atoms with Gasteiger partial charge in [-0.25, -0.2) is 4.79 Å². The summed E-state index contributed by atoms with van der Waals surface area (Å²) >= 11 is 1.44. The monoisotopic (exact) mass is 182 g/mol. The molecule has 0 spiro atoms. The van der Waals surface area contributed by atoms with Crippen molar-refractivity contribution >= 4 is 29.2 Å². The molecule has 0 radical (unpaired) electrons. The summed E-state index contributed by atoms with van der Waals surface area (Å²) in [6.45, 7) is 0. The Balaban J connectivity index is 2.63. The van der Waals surface area contributed by atoms with Crippen LogP contribution in [0.1, 0.15) is 4.88 Å². The Bertz CT molecular complexity index is 311. The zero-order valence-corrected chi connectivity index (χ0v) is 6.88. The summed E-state index contributed by atoms with van der Waals surface area (Å²) < 4.78 is 0. The Morgan fingerprint density at radius 3 is 2.75 bits per heavy atom. The third-order valence-electron chi connectivity index (χ3n) is 1.15. The molecule has 4 heteroatoms. The lowest BCUT2D eigenvalue weighted by atomic mass is 10.3. The summed E-state index contributed by atoms with van der Waals surface area (Å²) in [5, 5.41) is 10.1. The first-order valence-electron chi connectivity index (χ1n) is 3.19. The van der Waals surface area contributed by atoms with Crippen molar-refractivity contribution in [3.63, 3.8) is 0 Å². The molecule has 0 atom stereocenters. The van der Waals surface area contributed by atoms with Gasteiger partial charge >= 0.3 is 5.97 Å². The molecule has 3 nitrogen and oxygen atoms in total. The van der Waals surface area contributed by atoms with Gasteiger partial charge < -0.3 is 5.11 Å². The average molecular weight is 182 g/mol. The molecule has 0 amide bonds. The minimum atomic E-state index is -1.43. The second-order valence-electron chi connectivity index (χ2n) is 2.02. The smallest absolute Gasteiger partial charge is 0.376 e. The molecule has 0 aliphatic heterocycles. The van der Waals surface area contributed by atoms with Gasteiger partial charge in [-0.05, 0) is 23.6 Å². The molecule has 1 aromatic rings. The molecule has 0 aliphatic carbocycles. The van der Waals surface area contributed by atoms with Gasteiger partial charge in [0, 0.05) is 4.88 Å². The van der Waals surface area contributed by atoms with E-state index in [4.69, 9.17) is 5.11 Å². The van der Waals surface area contributed by atoms with E-state index >= 15 is 0 Å². The third kappa shape index (κ3) is 2.32. The largest absolute Gasteiger partial charge is 0.475 e. The van der Waals surface area contributed by atoms with Crippen molar-refractivity contribution < 1.29 is 14.7 Å². The van der Waals surface area contributed by atoms with E-state index in [1.54, 1.807) is 6.07 Å². The third-order valence-corrected chi connectivity index (χ3v) is 1.99. The number of carbonyl (C=O) groups is 2. The minimum absolute atomic E-state index is 0.865. The molecular weight excluding hydrogens is 176 g/mol. The van der Waals surface area contributed by atoms with Crippen molar-refractivity contribution in [1.82, 2.24) is 0 Å². The summed E-state index contributed by atoms with van der Waals surface area (Å²) in [4.78, 5) is 21.5. The molecule has 1 N–H and O–H groups in total. The van der Waals surface area contributed by atoms with Crippen LogP contribution in [0.25, 0.3) is 6.08 Å². The van der Waals surface area contributed by atoms with Gasteiger partial charge in [0.25, 0.3) is 5.78 Å². The van der Waals surface area contributed by atoms with E-state index in [1.807, 2.05) is 11.4 Å². The van der Waals surface area contributed by atoms with Crippen LogP contribution in [0.4, 0.5) is 0 Å². The second kappa shape index (κ2) is 3.82. The van der Waals surface area contributed by atoms with Crippen molar-refractivity contribution in [2.75, 3.05) is 0 Å². The SMILES string of the molecule is O=C(O)C(=O)C=Cc1cccs1. The van der Waals surface area contributed by atoms with Crippen LogP contribution in [-0.2, 0) is 9.59 Å². The van der Waals surface area contributed by atoms with Crippen LogP contribution < -0.4 is 0 Å². The summed E-state index contributed by atoms with van der Waals surface area (Å²) in [5.74, 6) is -2.33. The second-order valence-corrected chi connectivity index (χ2v) is 3.00. The van der Waals surface area contributed by atoms with Gasteiger partial charge in [-0.3, -0.25) is 4.79 Å². The number of hydrogen-bond acceptors (Lipinski definition) is 3. The van der Waals surface area contributed by atoms with Crippen LogP contribution in [0.5, 0.6) is 0 Å². The summed E-state index contributed by atoms with van der Waals surface area (Å²) in [7, 11) is 0. The zero-order chi connectivity index (χ0) is 8.97. The molecule has 1 heterocycles. The highest BCUT2D eigenvalue weighted by molar-refractivity contribution is 7.10. The van der Waals surface area contributed by atoms with Crippen molar-refractivity contribution in [2.45, 2.75) is 0 Å². The van der Waals surface area contributed by atoms with E-state index in [9.17, 15) is 9.59 Å². The molecule has 0 fully saturated rings. The van der Waals surface area contributed by atoms with E-state index in [0.717, 1.165) is 11.0 Å². The number of hydrogen-bond donors (Lipinski definition) is 1. The molecule has 1 aromatic heterocycles. The highest BCUT2D eigenvalue weighted by atomic mass is 32.1. The van der Waals surface area contributed by atoms with Crippen LogP contribution in [0.15, 0.2) is 23.6 Å². The minimum Gasteiger partial charge on any atom is -0.475 e. The fourth-order valence-corrected chi connectivity index (χ4v) is 1.23. The summed E-state index contributed by atoms with van der Waals surface area (Å²) in [5.41, 5.74) is 0. The maximum Gasteiger partial charge on any atom is 0.376 e. The number of aliphatic carboxylic acids is 1. The predicted molar refractivity (Wildman–Crippen MR) is 46.0 cm³/mol. The number of carbonyl (C=O) groups excluding carboxylic acids is 1. The van der Waals surface area contributed by atoms with E-state index in [1.165, 1.54) is 17.4 Å². The fraction of sp³-hybridized carbons (Fsp3) is 0. The molecule has 0 aromatic carbocycles. The molecule has 0 aliphatic rings. The Labute approximate surface area is 73.0 Å². The first-order valence-corrected chi connectivity index (χ1v) is 4.07. The Hall–Kier alpha value is -1.42. The maximum atomic E-state index is 10.6. The van der Waals surface area contributed by atoms with Gasteiger partial charge in [-0.2, -0.15) is 0 Å². The Kier molecular flexibility index (Phi) is 2.76. The van der Waals surface area contributed by atoms with Crippen molar-refractivity contribution in [2.24, 2.45) is 0 Å². The van der Waals surface area contributed by atoms with E-state index in [-0.39, 0.29) is 0 Å². The molecule has 12 heavy (non-hydrogen) atoms. The number of thiophene rings is 1. The lowest BCUT2D eigenvalue weighted by Gasteiger charge is -1.82. The molecule has 1 rings (SSSR count). The van der Waals surface area contributed by atoms with Gasteiger partial charge in [0.05, 0.1) is 0 Å². The van der Waals surface area contributed by atoms with Crippen molar-refractivity contribution in [1.29, 1.82) is 0 Å². The summed E-state index contributed by atoms with van der Waals surface area (Å²) in [6, 6.07) is 3.63. The number of carboxylic acids is 1. The van der Waals surface area contributed by atoms with E-state index < -0.39 is 11.8 Å². The first-order chi connectivity index (χ1) is 5.70. The van der Waals surface area contributed by atoms with Crippen LogP contribution in [0, 0.1) is 0 Å². The zero-order valence-electron chi connectivity index (χ0n) is 6.06. The van der Waals surface area contributed by atoms with Crippen molar-refractivity contribution in [3.05, 3.63) is 28.5 Å². The normalized spacial score (nSPS) is 10.3. The van der Waals surface area contributed by atoms with Gasteiger partial charge in [0.1, 0.15) is 0 Å². The summed E-state index contributed by atoms with van der Waals surface area (Å²) in [6.07, 6.45) is 2.54. The predicted octanol–water partition coefficient (Wildman–Crippen LogP) is 1.42. The highest BCUT2D eigenvalue weighted by Gasteiger charge is 2.05. The number of carboxylic acid groups (broad SMARTS) is 1. The Morgan fingerprint density at radius 2 is 2.25 bits per heavy atom. The molecule has 0 saturated carbocycles. The van der Waals surface area contributed by atoms with Gasteiger partial charge in [-0.15, -0.1) is 11.3 Å². The van der Waals surface area contributed by atoms with Gasteiger partial charge in [-0.1, -0.05) is 6.07 Å². The quantitative estimate of drug-likeness (QED) is 0.568. The van der Waals surface area contributed by atoms with E-state index in [0.29, 0.717) is 0 Å². The Morgan fingerprint density at radius 1 is 1.50 bits per heavy atom. The number of rotatable bonds is 3. The highest BCUT2D eigenvalue weighted by Crippen LogP contribution is 2.09. The molecule has 62 valence electrons. The topological polar surface area (TPSA) is 54.4 Å². The number of ketones is 1. The van der Waals surface area contributed by atoms with Crippen LogP contribution >= 0.6 is 11.3 Å². The fourth-order valence-electron chi connectivity index (χ4n) is 0.615. The van der Waals surface area contributed by atoms with Gasteiger partial charge in [0.2, 0.25) is 0 Å². The molecular formula is C8H6O3S. The lowest BCUT2D eigenvalue weighted by molar-refractivity contribution is -0.146.